The summed E-state index contributed by atoms with van der Waals surface area (Å²) in [5.41, 5.74) is 6.08. The Balaban J connectivity index is 1.64. The largest absolute Gasteiger partial charge is 0.443 e. The molecule has 0 aliphatic rings. The zero-order chi connectivity index (χ0) is 19.8. The Hall–Kier alpha value is -3.48. The number of rotatable bonds is 4. The van der Waals surface area contributed by atoms with E-state index in [0.717, 1.165) is 27.9 Å². The van der Waals surface area contributed by atoms with Crippen LogP contribution in [0.15, 0.2) is 41.3 Å². The van der Waals surface area contributed by atoms with Crippen LogP contribution in [0, 0.1) is 33.5 Å². The molecule has 2 heterocycles. The molecule has 4 rings (SSSR count). The smallest absolute Gasteiger partial charge is 0.229 e. The Morgan fingerprint density at radius 1 is 0.929 bits per heavy atom. The summed E-state index contributed by atoms with van der Waals surface area (Å²) in [6, 6.07) is 7.37. The molecule has 0 saturated heterocycles. The Morgan fingerprint density at radius 3 is 2.57 bits per heavy atom. The van der Waals surface area contributed by atoms with E-state index in [-0.39, 0.29) is 5.82 Å². The topological polar surface area (TPSA) is 75.9 Å². The molecule has 28 heavy (non-hydrogen) atoms. The monoisotopic (exact) mass is 377 g/mol. The van der Waals surface area contributed by atoms with Gasteiger partial charge in [-0.25, -0.2) is 14.4 Å². The standard InChI is InChI=1S/C21H20FN5O/c1-11-7-17(19(22)14(4)13(11)3)26-21-23-9-12(2)20(27-21)25-15-5-6-18-16(8-15)24-10-28-18/h5-10H,1-4H3,(H2,23,25,26,27). The Labute approximate surface area is 161 Å². The third kappa shape index (κ3) is 3.26. The fourth-order valence-corrected chi connectivity index (χ4v) is 2.96. The predicted molar refractivity (Wildman–Crippen MR) is 108 cm³/mol. The van der Waals surface area contributed by atoms with E-state index in [4.69, 9.17) is 4.42 Å². The number of nitrogens with one attached hydrogen (secondary N) is 2. The van der Waals surface area contributed by atoms with E-state index in [0.29, 0.717) is 28.6 Å². The van der Waals surface area contributed by atoms with E-state index >= 15 is 0 Å². The molecular weight excluding hydrogens is 357 g/mol. The van der Waals surface area contributed by atoms with Crippen molar-refractivity contribution in [1.29, 1.82) is 0 Å². The molecule has 2 N–H and O–H groups in total. The summed E-state index contributed by atoms with van der Waals surface area (Å²) in [7, 11) is 0. The second-order valence-electron chi connectivity index (χ2n) is 6.82. The van der Waals surface area contributed by atoms with Crippen molar-refractivity contribution in [2.24, 2.45) is 0 Å². The number of oxazole rings is 1. The Bertz CT molecular complexity index is 1190. The number of nitrogens with zero attached hydrogens (tertiary/aromatic N) is 3. The van der Waals surface area contributed by atoms with Crippen LogP contribution in [0.3, 0.4) is 0 Å². The number of aryl methyl sites for hydroxylation is 2. The van der Waals surface area contributed by atoms with Crippen LogP contribution in [0.25, 0.3) is 11.1 Å². The lowest BCUT2D eigenvalue weighted by Gasteiger charge is -2.14. The lowest BCUT2D eigenvalue weighted by atomic mass is 10.0. The lowest BCUT2D eigenvalue weighted by Crippen LogP contribution is -2.05. The molecule has 142 valence electrons. The Morgan fingerprint density at radius 2 is 1.75 bits per heavy atom. The van der Waals surface area contributed by atoms with Crippen molar-refractivity contribution in [2.45, 2.75) is 27.7 Å². The van der Waals surface area contributed by atoms with Gasteiger partial charge in [-0.05, 0) is 68.7 Å². The summed E-state index contributed by atoms with van der Waals surface area (Å²) >= 11 is 0. The van der Waals surface area contributed by atoms with Gasteiger partial charge in [-0.2, -0.15) is 4.98 Å². The van der Waals surface area contributed by atoms with Gasteiger partial charge in [0.15, 0.2) is 12.0 Å². The first-order chi connectivity index (χ1) is 13.4. The minimum atomic E-state index is -0.293. The molecule has 2 aromatic carbocycles. The van der Waals surface area contributed by atoms with Crippen molar-refractivity contribution in [3.63, 3.8) is 0 Å². The molecule has 4 aromatic rings. The van der Waals surface area contributed by atoms with E-state index < -0.39 is 0 Å². The summed E-state index contributed by atoms with van der Waals surface area (Å²) < 4.78 is 19.9. The van der Waals surface area contributed by atoms with Crippen LogP contribution in [0.5, 0.6) is 0 Å². The fraction of sp³-hybridized carbons (Fsp3) is 0.190. The summed E-state index contributed by atoms with van der Waals surface area (Å²) in [6.07, 6.45) is 3.10. The van der Waals surface area contributed by atoms with Gasteiger partial charge in [0, 0.05) is 17.4 Å². The fourth-order valence-electron chi connectivity index (χ4n) is 2.96. The first kappa shape index (κ1) is 17.9. The van der Waals surface area contributed by atoms with Crippen molar-refractivity contribution < 1.29 is 8.81 Å². The van der Waals surface area contributed by atoms with Gasteiger partial charge >= 0.3 is 0 Å². The molecule has 0 unspecified atom stereocenters. The normalized spacial score (nSPS) is 11.0. The summed E-state index contributed by atoms with van der Waals surface area (Å²) in [5.74, 6) is 0.650. The van der Waals surface area contributed by atoms with E-state index in [1.54, 1.807) is 19.2 Å². The second kappa shape index (κ2) is 6.92. The van der Waals surface area contributed by atoms with Gasteiger partial charge in [-0.15, -0.1) is 0 Å². The molecule has 6 nitrogen and oxygen atoms in total. The van der Waals surface area contributed by atoms with Gasteiger partial charge < -0.3 is 15.1 Å². The molecule has 0 aliphatic heterocycles. The molecule has 0 radical (unpaired) electrons. The van der Waals surface area contributed by atoms with Gasteiger partial charge in [-0.1, -0.05) is 0 Å². The van der Waals surface area contributed by atoms with Crippen LogP contribution in [0.2, 0.25) is 0 Å². The van der Waals surface area contributed by atoms with Gasteiger partial charge in [-0.3, -0.25) is 0 Å². The highest BCUT2D eigenvalue weighted by atomic mass is 19.1. The average Bonchev–Trinajstić information content (AvgIpc) is 3.15. The minimum absolute atomic E-state index is 0.293. The van der Waals surface area contributed by atoms with Crippen molar-refractivity contribution in [2.75, 3.05) is 10.6 Å². The second-order valence-corrected chi connectivity index (χ2v) is 6.82. The van der Waals surface area contributed by atoms with Crippen LogP contribution in [0.1, 0.15) is 22.3 Å². The highest BCUT2D eigenvalue weighted by molar-refractivity contribution is 5.78. The van der Waals surface area contributed by atoms with Crippen LogP contribution in [-0.2, 0) is 0 Å². The van der Waals surface area contributed by atoms with Gasteiger partial charge in [0.1, 0.15) is 17.2 Å². The maximum absolute atomic E-state index is 14.6. The molecule has 0 atom stereocenters. The highest BCUT2D eigenvalue weighted by Gasteiger charge is 2.13. The average molecular weight is 377 g/mol. The zero-order valence-corrected chi connectivity index (χ0v) is 16.1. The Kier molecular flexibility index (Phi) is 4.43. The number of hydrogen-bond acceptors (Lipinski definition) is 6. The van der Waals surface area contributed by atoms with Crippen molar-refractivity contribution in [3.8, 4) is 0 Å². The minimum Gasteiger partial charge on any atom is -0.443 e. The molecule has 7 heteroatoms. The maximum atomic E-state index is 14.6. The van der Waals surface area contributed by atoms with Crippen LogP contribution in [-0.4, -0.2) is 15.0 Å². The van der Waals surface area contributed by atoms with Crippen LogP contribution >= 0.6 is 0 Å². The predicted octanol–water partition coefficient (Wildman–Crippen LogP) is 5.48. The van der Waals surface area contributed by atoms with E-state index in [1.165, 1.54) is 6.39 Å². The quantitative estimate of drug-likeness (QED) is 0.491. The molecule has 0 fully saturated rings. The number of halogens is 1. The summed E-state index contributed by atoms with van der Waals surface area (Å²) in [4.78, 5) is 13.0. The van der Waals surface area contributed by atoms with E-state index in [9.17, 15) is 4.39 Å². The van der Waals surface area contributed by atoms with Gasteiger partial charge in [0.05, 0.1) is 5.69 Å². The number of aromatic nitrogens is 3. The van der Waals surface area contributed by atoms with E-state index in [1.807, 2.05) is 39.0 Å². The summed E-state index contributed by atoms with van der Waals surface area (Å²) in [5, 5.41) is 6.26. The maximum Gasteiger partial charge on any atom is 0.229 e. The van der Waals surface area contributed by atoms with Crippen molar-refractivity contribution in [1.82, 2.24) is 15.0 Å². The SMILES string of the molecule is Cc1cnc(Nc2cc(C)c(C)c(C)c2F)nc1Nc1ccc2ocnc2c1. The van der Waals surface area contributed by atoms with E-state index in [2.05, 4.69) is 25.6 Å². The highest BCUT2D eigenvalue weighted by Crippen LogP contribution is 2.27. The number of anilines is 4. The molecule has 0 bridgehead atoms. The molecule has 0 amide bonds. The third-order valence-corrected chi connectivity index (χ3v) is 4.89. The number of benzene rings is 2. The molecule has 2 aromatic heterocycles. The summed E-state index contributed by atoms with van der Waals surface area (Å²) in [6.45, 7) is 7.54. The molecular formula is C21H20FN5O. The number of hydrogen-bond donors (Lipinski definition) is 2. The van der Waals surface area contributed by atoms with Crippen LogP contribution < -0.4 is 10.6 Å². The first-order valence-corrected chi connectivity index (χ1v) is 8.89. The zero-order valence-electron chi connectivity index (χ0n) is 16.1. The lowest BCUT2D eigenvalue weighted by molar-refractivity contribution is 0.602. The van der Waals surface area contributed by atoms with Crippen molar-refractivity contribution >= 4 is 34.2 Å². The molecule has 0 aliphatic carbocycles. The van der Waals surface area contributed by atoms with Gasteiger partial charge in [0.25, 0.3) is 0 Å². The van der Waals surface area contributed by atoms with Crippen molar-refractivity contribution in [3.05, 3.63) is 64.9 Å². The van der Waals surface area contributed by atoms with Crippen LogP contribution in [0.4, 0.5) is 27.5 Å². The third-order valence-electron chi connectivity index (χ3n) is 4.89. The molecule has 0 saturated carbocycles. The number of fused-ring (bicyclic) bond motifs is 1. The molecule has 0 spiro atoms. The first-order valence-electron chi connectivity index (χ1n) is 8.89. The van der Waals surface area contributed by atoms with Gasteiger partial charge in [0.2, 0.25) is 5.95 Å².